The molecule has 0 aromatic carbocycles. The van der Waals surface area contributed by atoms with Crippen molar-refractivity contribution in [3.63, 3.8) is 0 Å². The van der Waals surface area contributed by atoms with Crippen LogP contribution in [0.3, 0.4) is 0 Å². The van der Waals surface area contributed by atoms with Crippen molar-refractivity contribution < 1.29 is 22.5 Å². The van der Waals surface area contributed by atoms with Crippen LogP contribution in [-0.4, -0.2) is 32.0 Å². The summed E-state index contributed by atoms with van der Waals surface area (Å²) in [6, 6.07) is 0. The number of aryl methyl sites for hydroxylation is 1. The average Bonchev–Trinajstić information content (AvgIpc) is 3.22. The lowest BCUT2D eigenvalue weighted by atomic mass is 9.98. The highest BCUT2D eigenvalue weighted by atomic mass is 19.4. The molecule has 0 bridgehead atoms. The number of amides is 1. The highest BCUT2D eigenvalue weighted by Crippen LogP contribution is 2.38. The Labute approximate surface area is 147 Å². The van der Waals surface area contributed by atoms with Crippen molar-refractivity contribution in [2.45, 2.75) is 64.7 Å². The van der Waals surface area contributed by atoms with E-state index >= 15 is 0 Å². The quantitative estimate of drug-likeness (QED) is 0.844. The second kappa shape index (κ2) is 6.73. The molecule has 2 aromatic rings. The van der Waals surface area contributed by atoms with Crippen LogP contribution in [0.4, 0.5) is 13.2 Å². The molecule has 0 saturated heterocycles. The van der Waals surface area contributed by atoms with E-state index in [1.807, 2.05) is 0 Å². The van der Waals surface area contributed by atoms with E-state index in [1.165, 1.54) is 6.92 Å². The van der Waals surface area contributed by atoms with Crippen LogP contribution in [0.2, 0.25) is 0 Å². The number of rotatable bonds is 6. The van der Waals surface area contributed by atoms with E-state index in [0.717, 1.165) is 17.5 Å². The highest BCUT2D eigenvalue weighted by molar-refractivity contribution is 5.83. The summed E-state index contributed by atoms with van der Waals surface area (Å²) in [7, 11) is 0. The molecule has 0 spiro atoms. The van der Waals surface area contributed by atoms with E-state index < -0.39 is 18.6 Å². The summed E-state index contributed by atoms with van der Waals surface area (Å²) in [5, 5.41) is 10.5. The molecular weight excluding hydrogens is 351 g/mol. The maximum atomic E-state index is 12.6. The molecular formula is C16H20F3N5O2. The van der Waals surface area contributed by atoms with Crippen molar-refractivity contribution in [3.8, 4) is 0 Å². The normalized spacial score (nSPS) is 15.9. The van der Waals surface area contributed by atoms with Crippen LogP contribution in [0.5, 0.6) is 0 Å². The van der Waals surface area contributed by atoms with Crippen LogP contribution < -0.4 is 5.32 Å². The number of carbonyl (C=O) groups is 1. The summed E-state index contributed by atoms with van der Waals surface area (Å²) >= 11 is 0. The second-order valence-electron chi connectivity index (χ2n) is 6.62. The third kappa shape index (κ3) is 4.05. The number of aromatic nitrogens is 4. The SMILES string of the molecule is Cc1nn(CC(F)(F)F)c(C)c1C(C)C(=O)NCc1nc(C2CC2)no1. The molecule has 2 heterocycles. The first-order chi connectivity index (χ1) is 12.2. The minimum atomic E-state index is -4.37. The third-order valence-corrected chi connectivity index (χ3v) is 4.43. The van der Waals surface area contributed by atoms with Crippen LogP contribution >= 0.6 is 0 Å². The van der Waals surface area contributed by atoms with Crippen molar-refractivity contribution in [2.24, 2.45) is 0 Å². The van der Waals surface area contributed by atoms with Gasteiger partial charge in [-0.25, -0.2) is 0 Å². The van der Waals surface area contributed by atoms with Crippen molar-refractivity contribution in [1.29, 1.82) is 0 Å². The summed E-state index contributed by atoms with van der Waals surface area (Å²) in [5.74, 6) is 0.333. The van der Waals surface area contributed by atoms with Gasteiger partial charge in [0.05, 0.1) is 18.2 Å². The van der Waals surface area contributed by atoms with Gasteiger partial charge in [0.25, 0.3) is 0 Å². The van der Waals surface area contributed by atoms with Gasteiger partial charge in [-0.15, -0.1) is 0 Å². The molecule has 26 heavy (non-hydrogen) atoms. The Kier molecular flexibility index (Phi) is 4.76. The Balaban J connectivity index is 1.65. The number of carbonyl (C=O) groups excluding carboxylic acids is 1. The topological polar surface area (TPSA) is 85.8 Å². The van der Waals surface area contributed by atoms with Gasteiger partial charge in [0.1, 0.15) is 6.54 Å². The Morgan fingerprint density at radius 2 is 2.08 bits per heavy atom. The third-order valence-electron chi connectivity index (χ3n) is 4.43. The largest absolute Gasteiger partial charge is 0.408 e. The lowest BCUT2D eigenvalue weighted by Crippen LogP contribution is -2.28. The molecule has 1 atom stereocenters. The van der Waals surface area contributed by atoms with Gasteiger partial charge in [0, 0.05) is 17.2 Å². The molecule has 1 fully saturated rings. The number of hydrogen-bond acceptors (Lipinski definition) is 5. The fraction of sp³-hybridized carbons (Fsp3) is 0.625. The van der Waals surface area contributed by atoms with Crippen molar-refractivity contribution in [1.82, 2.24) is 25.2 Å². The molecule has 0 radical (unpaired) electrons. The summed E-state index contributed by atoms with van der Waals surface area (Å²) in [6.07, 6.45) is -2.28. The molecule has 1 unspecified atom stereocenters. The summed E-state index contributed by atoms with van der Waals surface area (Å²) in [5.41, 5.74) is 1.23. The van der Waals surface area contributed by atoms with Crippen LogP contribution in [0.25, 0.3) is 0 Å². The zero-order chi connectivity index (χ0) is 19.1. The van der Waals surface area contributed by atoms with E-state index in [2.05, 4.69) is 20.6 Å². The van der Waals surface area contributed by atoms with Crippen molar-refractivity contribution >= 4 is 5.91 Å². The van der Waals surface area contributed by atoms with E-state index in [4.69, 9.17) is 4.52 Å². The van der Waals surface area contributed by atoms with Crippen LogP contribution in [0.15, 0.2) is 4.52 Å². The van der Waals surface area contributed by atoms with Gasteiger partial charge in [0.2, 0.25) is 11.8 Å². The smallest absolute Gasteiger partial charge is 0.346 e. The molecule has 7 nitrogen and oxygen atoms in total. The van der Waals surface area contributed by atoms with Crippen LogP contribution in [-0.2, 0) is 17.9 Å². The molecule has 1 N–H and O–H groups in total. The second-order valence-corrected chi connectivity index (χ2v) is 6.62. The molecule has 1 amide bonds. The lowest BCUT2D eigenvalue weighted by Gasteiger charge is -2.13. The predicted octanol–water partition coefficient (Wildman–Crippen LogP) is 2.74. The van der Waals surface area contributed by atoms with Crippen molar-refractivity contribution in [2.75, 3.05) is 0 Å². The Morgan fingerprint density at radius 3 is 2.69 bits per heavy atom. The zero-order valence-corrected chi connectivity index (χ0v) is 14.7. The van der Waals surface area contributed by atoms with E-state index in [9.17, 15) is 18.0 Å². The van der Waals surface area contributed by atoms with E-state index in [1.54, 1.807) is 13.8 Å². The van der Waals surface area contributed by atoms with Crippen LogP contribution in [0, 0.1) is 13.8 Å². The number of halogens is 3. The summed E-state index contributed by atoms with van der Waals surface area (Å²) in [6.45, 7) is 3.66. The fourth-order valence-corrected chi connectivity index (χ4v) is 2.96. The van der Waals surface area contributed by atoms with Gasteiger partial charge >= 0.3 is 6.18 Å². The minimum absolute atomic E-state index is 0.0810. The zero-order valence-electron chi connectivity index (χ0n) is 14.7. The molecule has 10 heteroatoms. The number of alkyl halides is 3. The van der Waals surface area contributed by atoms with Crippen molar-refractivity contribution in [3.05, 3.63) is 28.7 Å². The van der Waals surface area contributed by atoms with Gasteiger partial charge < -0.3 is 9.84 Å². The maximum absolute atomic E-state index is 12.6. The average molecular weight is 371 g/mol. The number of nitrogens with zero attached hydrogens (tertiary/aromatic N) is 4. The van der Waals surface area contributed by atoms with Gasteiger partial charge in [0.15, 0.2) is 5.82 Å². The summed E-state index contributed by atoms with van der Waals surface area (Å²) < 4.78 is 43.9. The number of hydrogen-bond donors (Lipinski definition) is 1. The standard InChI is InChI=1S/C16H20F3N5O2/c1-8(13-9(2)22-24(10(13)3)7-16(17,18)19)15(25)20-6-12-21-14(23-26-12)11-4-5-11/h8,11H,4-7H2,1-3H3,(H,20,25). The Bertz CT molecular complexity index is 807. The Morgan fingerprint density at radius 1 is 1.38 bits per heavy atom. The fourth-order valence-electron chi connectivity index (χ4n) is 2.96. The Hall–Kier alpha value is -2.39. The van der Waals surface area contributed by atoms with Gasteiger partial charge in [-0.3, -0.25) is 9.48 Å². The van der Waals surface area contributed by atoms with Gasteiger partial charge in [-0.05, 0) is 33.6 Å². The molecule has 3 rings (SSSR count). The van der Waals surface area contributed by atoms with Crippen LogP contribution in [0.1, 0.15) is 60.3 Å². The van der Waals surface area contributed by atoms with E-state index in [-0.39, 0.29) is 12.5 Å². The minimum Gasteiger partial charge on any atom is -0.346 e. The monoisotopic (exact) mass is 371 g/mol. The first-order valence-corrected chi connectivity index (χ1v) is 8.36. The first kappa shape index (κ1) is 18.4. The molecule has 1 aliphatic rings. The highest BCUT2D eigenvalue weighted by Gasteiger charge is 2.32. The molecule has 2 aromatic heterocycles. The summed E-state index contributed by atoms with van der Waals surface area (Å²) in [4.78, 5) is 16.6. The first-order valence-electron chi connectivity index (χ1n) is 8.36. The van der Waals surface area contributed by atoms with E-state index in [0.29, 0.717) is 34.6 Å². The predicted molar refractivity (Wildman–Crippen MR) is 84.3 cm³/mol. The maximum Gasteiger partial charge on any atom is 0.408 e. The number of nitrogens with one attached hydrogen (secondary N) is 1. The molecule has 1 saturated carbocycles. The molecule has 142 valence electrons. The van der Waals surface area contributed by atoms with Gasteiger partial charge in [-0.2, -0.15) is 23.3 Å². The van der Waals surface area contributed by atoms with Gasteiger partial charge in [-0.1, -0.05) is 5.16 Å². The molecule has 0 aliphatic heterocycles. The lowest BCUT2D eigenvalue weighted by molar-refractivity contribution is -0.143. The molecule has 1 aliphatic carbocycles.